The quantitative estimate of drug-likeness (QED) is 0.892. The van der Waals surface area contributed by atoms with Gasteiger partial charge in [0.05, 0.1) is 0 Å². The van der Waals surface area contributed by atoms with Crippen LogP contribution in [0, 0.1) is 13.8 Å². The summed E-state index contributed by atoms with van der Waals surface area (Å²) in [6, 6.07) is 10.5. The zero-order chi connectivity index (χ0) is 14.5. The van der Waals surface area contributed by atoms with Crippen molar-refractivity contribution < 1.29 is 4.74 Å². The molecule has 1 heterocycles. The Balaban J connectivity index is 2.08. The Labute approximate surface area is 121 Å². The number of aryl methyl sites for hydroxylation is 2. The number of rotatable bonds is 5. The highest BCUT2D eigenvalue weighted by molar-refractivity contribution is 5.36. The van der Waals surface area contributed by atoms with Crippen molar-refractivity contribution in [2.75, 3.05) is 0 Å². The molecule has 0 spiro atoms. The highest BCUT2D eigenvalue weighted by Crippen LogP contribution is 2.22. The van der Waals surface area contributed by atoms with Crippen molar-refractivity contribution in [1.29, 1.82) is 0 Å². The first-order chi connectivity index (χ1) is 9.54. The number of benzene rings is 1. The molecule has 0 saturated carbocycles. The van der Waals surface area contributed by atoms with Gasteiger partial charge in [0.1, 0.15) is 5.75 Å². The second kappa shape index (κ2) is 6.53. The van der Waals surface area contributed by atoms with E-state index in [0.29, 0.717) is 11.9 Å². The average molecular weight is 270 g/mol. The predicted molar refractivity (Wildman–Crippen MR) is 82.2 cm³/mol. The summed E-state index contributed by atoms with van der Waals surface area (Å²) in [5.74, 6) is 1.46. The van der Waals surface area contributed by atoms with Crippen molar-refractivity contribution in [3.05, 3.63) is 53.2 Å². The maximum atomic E-state index is 5.82. The van der Waals surface area contributed by atoms with E-state index < -0.39 is 0 Å². The number of aromatic nitrogens is 1. The normalized spacial score (nSPS) is 10.8. The number of nitrogens with one attached hydrogen (secondary N) is 1. The molecule has 1 aromatic carbocycles. The molecule has 0 aliphatic carbocycles. The van der Waals surface area contributed by atoms with Gasteiger partial charge in [-0.15, -0.1) is 0 Å². The van der Waals surface area contributed by atoms with E-state index in [2.05, 4.69) is 44.1 Å². The Morgan fingerprint density at radius 3 is 2.60 bits per heavy atom. The molecule has 1 aromatic heterocycles. The topological polar surface area (TPSA) is 34.1 Å². The zero-order valence-corrected chi connectivity index (χ0v) is 12.6. The van der Waals surface area contributed by atoms with Gasteiger partial charge in [-0.05, 0) is 48.7 Å². The molecular formula is C17H22N2O. The number of hydrogen-bond acceptors (Lipinski definition) is 3. The van der Waals surface area contributed by atoms with Crippen molar-refractivity contribution in [2.45, 2.75) is 40.3 Å². The Kier molecular flexibility index (Phi) is 4.74. The minimum atomic E-state index is 0.465. The maximum Gasteiger partial charge on any atom is 0.219 e. The van der Waals surface area contributed by atoms with Crippen LogP contribution < -0.4 is 10.1 Å². The van der Waals surface area contributed by atoms with E-state index in [1.165, 1.54) is 16.7 Å². The highest BCUT2D eigenvalue weighted by atomic mass is 16.5. The predicted octanol–water partition coefficient (Wildman–Crippen LogP) is 3.99. The molecule has 0 atom stereocenters. The van der Waals surface area contributed by atoms with E-state index in [4.69, 9.17) is 4.74 Å². The van der Waals surface area contributed by atoms with Crippen molar-refractivity contribution in [1.82, 2.24) is 10.3 Å². The smallest absolute Gasteiger partial charge is 0.219 e. The van der Waals surface area contributed by atoms with Crippen LogP contribution in [-0.2, 0) is 6.54 Å². The summed E-state index contributed by atoms with van der Waals surface area (Å²) in [5.41, 5.74) is 3.66. The average Bonchev–Trinajstić information content (AvgIpc) is 2.41. The lowest BCUT2D eigenvalue weighted by Gasteiger charge is -2.10. The number of nitrogens with zero attached hydrogens (tertiary/aromatic N) is 1. The molecule has 20 heavy (non-hydrogen) atoms. The SMILES string of the molecule is Cc1ccc(Oc2cc(CNC(C)C)ccn2)cc1C. The van der Waals surface area contributed by atoms with Gasteiger partial charge in [0, 0.05) is 24.8 Å². The second-order valence-corrected chi connectivity index (χ2v) is 5.39. The lowest BCUT2D eigenvalue weighted by atomic mass is 10.1. The van der Waals surface area contributed by atoms with Crippen LogP contribution in [0.4, 0.5) is 0 Å². The zero-order valence-electron chi connectivity index (χ0n) is 12.6. The Morgan fingerprint density at radius 1 is 1.10 bits per heavy atom. The largest absolute Gasteiger partial charge is 0.439 e. The Hall–Kier alpha value is -1.87. The van der Waals surface area contributed by atoms with Gasteiger partial charge in [-0.2, -0.15) is 0 Å². The lowest BCUT2D eigenvalue weighted by Crippen LogP contribution is -2.21. The van der Waals surface area contributed by atoms with Crippen LogP contribution in [0.5, 0.6) is 11.6 Å². The molecule has 0 unspecified atom stereocenters. The fraction of sp³-hybridized carbons (Fsp3) is 0.353. The number of hydrogen-bond donors (Lipinski definition) is 1. The second-order valence-electron chi connectivity index (χ2n) is 5.39. The molecule has 3 nitrogen and oxygen atoms in total. The first-order valence-electron chi connectivity index (χ1n) is 6.98. The fourth-order valence-electron chi connectivity index (χ4n) is 1.84. The van der Waals surface area contributed by atoms with E-state index in [9.17, 15) is 0 Å². The molecule has 0 bridgehead atoms. The summed E-state index contributed by atoms with van der Waals surface area (Å²) >= 11 is 0. The van der Waals surface area contributed by atoms with E-state index in [1.54, 1.807) is 6.20 Å². The van der Waals surface area contributed by atoms with Gasteiger partial charge in [0.25, 0.3) is 0 Å². The molecule has 106 valence electrons. The van der Waals surface area contributed by atoms with Gasteiger partial charge in [-0.25, -0.2) is 4.98 Å². The highest BCUT2D eigenvalue weighted by Gasteiger charge is 2.03. The molecule has 1 N–H and O–H groups in total. The molecule has 0 aliphatic rings. The lowest BCUT2D eigenvalue weighted by molar-refractivity contribution is 0.460. The third-order valence-corrected chi connectivity index (χ3v) is 3.21. The van der Waals surface area contributed by atoms with Gasteiger partial charge < -0.3 is 10.1 Å². The van der Waals surface area contributed by atoms with Crippen LogP contribution in [0.25, 0.3) is 0 Å². The first-order valence-corrected chi connectivity index (χ1v) is 6.98. The Morgan fingerprint density at radius 2 is 1.90 bits per heavy atom. The molecule has 2 rings (SSSR count). The Bertz CT molecular complexity index is 579. The monoisotopic (exact) mass is 270 g/mol. The molecule has 0 fully saturated rings. The van der Waals surface area contributed by atoms with Crippen LogP contribution in [0.3, 0.4) is 0 Å². The first kappa shape index (κ1) is 14.5. The molecule has 0 saturated heterocycles. The summed E-state index contributed by atoms with van der Waals surface area (Å²) in [4.78, 5) is 4.26. The van der Waals surface area contributed by atoms with E-state index in [1.807, 2.05) is 24.3 Å². The van der Waals surface area contributed by atoms with Gasteiger partial charge in [0.2, 0.25) is 5.88 Å². The van der Waals surface area contributed by atoms with Gasteiger partial charge in [0.15, 0.2) is 0 Å². The van der Waals surface area contributed by atoms with Crippen LogP contribution in [0.15, 0.2) is 36.5 Å². The summed E-state index contributed by atoms with van der Waals surface area (Å²) in [5, 5.41) is 3.39. The number of pyridine rings is 1. The van der Waals surface area contributed by atoms with E-state index >= 15 is 0 Å². The molecule has 3 heteroatoms. The number of ether oxygens (including phenoxy) is 1. The summed E-state index contributed by atoms with van der Waals surface area (Å²) < 4.78 is 5.82. The van der Waals surface area contributed by atoms with Crippen LogP contribution in [0.1, 0.15) is 30.5 Å². The summed E-state index contributed by atoms with van der Waals surface area (Å²) in [6.07, 6.45) is 1.79. The fourth-order valence-corrected chi connectivity index (χ4v) is 1.84. The molecule has 0 radical (unpaired) electrons. The van der Waals surface area contributed by atoms with E-state index in [0.717, 1.165) is 12.3 Å². The van der Waals surface area contributed by atoms with Crippen molar-refractivity contribution in [3.8, 4) is 11.6 Å². The molecular weight excluding hydrogens is 248 g/mol. The van der Waals surface area contributed by atoms with Gasteiger partial charge in [-0.3, -0.25) is 0 Å². The van der Waals surface area contributed by atoms with E-state index in [-0.39, 0.29) is 0 Å². The third-order valence-electron chi connectivity index (χ3n) is 3.21. The van der Waals surface area contributed by atoms with Crippen molar-refractivity contribution in [3.63, 3.8) is 0 Å². The van der Waals surface area contributed by atoms with Gasteiger partial charge in [-0.1, -0.05) is 19.9 Å². The molecule has 2 aromatic rings. The van der Waals surface area contributed by atoms with Crippen LogP contribution >= 0.6 is 0 Å². The standard InChI is InChI=1S/C17H22N2O/c1-12(2)19-11-15-7-8-18-17(10-15)20-16-6-5-13(3)14(4)9-16/h5-10,12,19H,11H2,1-4H3. The van der Waals surface area contributed by atoms with Crippen LogP contribution in [0.2, 0.25) is 0 Å². The van der Waals surface area contributed by atoms with Crippen LogP contribution in [-0.4, -0.2) is 11.0 Å². The summed E-state index contributed by atoms with van der Waals surface area (Å²) in [7, 11) is 0. The van der Waals surface area contributed by atoms with Crippen molar-refractivity contribution >= 4 is 0 Å². The van der Waals surface area contributed by atoms with Crippen molar-refractivity contribution in [2.24, 2.45) is 0 Å². The third kappa shape index (κ3) is 4.07. The van der Waals surface area contributed by atoms with Gasteiger partial charge >= 0.3 is 0 Å². The summed E-state index contributed by atoms with van der Waals surface area (Å²) in [6.45, 7) is 9.26. The maximum absolute atomic E-state index is 5.82. The molecule has 0 amide bonds. The minimum Gasteiger partial charge on any atom is -0.439 e. The molecule has 0 aliphatic heterocycles. The minimum absolute atomic E-state index is 0.465.